The van der Waals surface area contributed by atoms with E-state index in [2.05, 4.69) is 39.0 Å². The van der Waals surface area contributed by atoms with E-state index in [1.54, 1.807) is 30.3 Å². The summed E-state index contributed by atoms with van der Waals surface area (Å²) in [6.07, 6.45) is 4.43. The molecule has 166 valence electrons. The van der Waals surface area contributed by atoms with Gasteiger partial charge in [0.15, 0.2) is 0 Å². The molecule has 0 unspecified atom stereocenters. The van der Waals surface area contributed by atoms with Crippen LogP contribution in [-0.4, -0.2) is 24.3 Å². The fourth-order valence-corrected chi connectivity index (χ4v) is 3.20. The molecule has 0 heterocycles. The van der Waals surface area contributed by atoms with Crippen LogP contribution in [0.2, 0.25) is 0 Å². The molecule has 2 aromatic rings. The van der Waals surface area contributed by atoms with Crippen LogP contribution in [0.15, 0.2) is 53.0 Å². The second kappa shape index (κ2) is 13.4. The van der Waals surface area contributed by atoms with Crippen LogP contribution >= 0.6 is 15.9 Å². The molecule has 0 saturated heterocycles. The van der Waals surface area contributed by atoms with Crippen molar-refractivity contribution in [1.29, 1.82) is 0 Å². The quantitative estimate of drug-likeness (QED) is 0.317. The summed E-state index contributed by atoms with van der Waals surface area (Å²) < 4.78 is 6.39. The Morgan fingerprint density at radius 1 is 0.903 bits per heavy atom. The van der Waals surface area contributed by atoms with Gasteiger partial charge in [-0.15, -0.1) is 0 Å². The molecule has 7 nitrogen and oxygen atoms in total. The van der Waals surface area contributed by atoms with Gasteiger partial charge in [-0.1, -0.05) is 44.4 Å². The number of carbonyl (C=O) groups excluding carboxylic acids is 3. The molecule has 2 rings (SSSR count). The number of ether oxygens (including phenoxy) is 1. The molecule has 0 aliphatic heterocycles. The Kier molecular flexibility index (Phi) is 10.6. The lowest BCUT2D eigenvalue weighted by molar-refractivity contribution is -0.124. The highest BCUT2D eigenvalue weighted by molar-refractivity contribution is 9.10. The first kappa shape index (κ1) is 24.4. The summed E-state index contributed by atoms with van der Waals surface area (Å²) in [5.41, 5.74) is 5.71. The van der Waals surface area contributed by atoms with Crippen LogP contribution in [0.5, 0.6) is 5.75 Å². The predicted octanol–water partition coefficient (Wildman–Crippen LogP) is 4.59. The van der Waals surface area contributed by atoms with Gasteiger partial charge in [0.2, 0.25) is 11.8 Å². The second-order valence-electron chi connectivity index (χ2n) is 6.97. The third-order valence-corrected chi connectivity index (χ3v) is 5.02. The summed E-state index contributed by atoms with van der Waals surface area (Å²) in [6, 6.07) is 14.0. The van der Waals surface area contributed by atoms with E-state index in [9.17, 15) is 14.4 Å². The lowest BCUT2D eigenvalue weighted by Crippen LogP contribution is -2.41. The van der Waals surface area contributed by atoms with Crippen molar-refractivity contribution < 1.29 is 19.1 Å². The average Bonchev–Trinajstić information content (AvgIpc) is 2.77. The molecule has 3 amide bonds. The van der Waals surface area contributed by atoms with Crippen molar-refractivity contribution in [2.24, 2.45) is 0 Å². The minimum Gasteiger partial charge on any atom is -0.492 e. The van der Waals surface area contributed by atoms with Crippen molar-refractivity contribution in [2.75, 3.05) is 11.9 Å². The topological polar surface area (TPSA) is 96.5 Å². The van der Waals surface area contributed by atoms with E-state index in [0.29, 0.717) is 28.1 Å². The Morgan fingerprint density at radius 3 is 2.35 bits per heavy atom. The van der Waals surface area contributed by atoms with Crippen molar-refractivity contribution in [3.8, 4) is 5.75 Å². The Bertz CT molecular complexity index is 874. The monoisotopic (exact) mass is 489 g/mol. The Morgan fingerprint density at radius 2 is 1.65 bits per heavy atom. The Balaban J connectivity index is 1.71. The van der Waals surface area contributed by atoms with E-state index in [1.165, 1.54) is 12.8 Å². The molecular weight excluding hydrogens is 462 g/mol. The fraction of sp³-hybridized carbons (Fsp3) is 0.348. The van der Waals surface area contributed by atoms with Gasteiger partial charge in [0, 0.05) is 24.1 Å². The van der Waals surface area contributed by atoms with Crippen LogP contribution in [0.25, 0.3) is 0 Å². The number of para-hydroxylation sites is 1. The maximum atomic E-state index is 12.3. The molecule has 8 heteroatoms. The largest absolute Gasteiger partial charge is 0.492 e. The molecule has 0 fully saturated rings. The molecule has 0 bridgehead atoms. The fourth-order valence-electron chi connectivity index (χ4n) is 2.70. The molecule has 0 aromatic heterocycles. The molecule has 0 aliphatic carbocycles. The first-order valence-corrected chi connectivity index (χ1v) is 11.2. The third-order valence-electron chi connectivity index (χ3n) is 4.40. The Labute approximate surface area is 191 Å². The normalized spacial score (nSPS) is 10.3. The summed E-state index contributed by atoms with van der Waals surface area (Å²) in [5, 5.41) is 2.70. The second-order valence-corrected chi connectivity index (χ2v) is 7.83. The van der Waals surface area contributed by atoms with Crippen LogP contribution < -0.4 is 20.9 Å². The molecule has 2 aromatic carbocycles. The number of halogens is 1. The third kappa shape index (κ3) is 9.21. The van der Waals surface area contributed by atoms with Crippen molar-refractivity contribution >= 4 is 39.3 Å². The van der Waals surface area contributed by atoms with Crippen LogP contribution in [0.3, 0.4) is 0 Å². The number of carbonyl (C=O) groups is 3. The SMILES string of the molecule is CCCCCCOc1ccc(C(=O)NNC(=O)CCC(=O)Nc2ccccc2)cc1Br. The van der Waals surface area contributed by atoms with Gasteiger partial charge in [0.05, 0.1) is 11.1 Å². The van der Waals surface area contributed by atoms with Gasteiger partial charge in [0.1, 0.15) is 5.75 Å². The zero-order chi connectivity index (χ0) is 22.5. The number of amides is 3. The zero-order valence-electron chi connectivity index (χ0n) is 17.6. The molecule has 0 saturated carbocycles. The molecule has 0 atom stereocenters. The maximum Gasteiger partial charge on any atom is 0.269 e. The first-order valence-electron chi connectivity index (χ1n) is 10.4. The number of anilines is 1. The summed E-state index contributed by atoms with van der Waals surface area (Å²) >= 11 is 3.41. The number of rotatable bonds is 11. The molecule has 0 spiro atoms. The highest BCUT2D eigenvalue weighted by atomic mass is 79.9. The van der Waals surface area contributed by atoms with Gasteiger partial charge in [-0.2, -0.15) is 0 Å². The lowest BCUT2D eigenvalue weighted by Gasteiger charge is -2.11. The van der Waals surface area contributed by atoms with Gasteiger partial charge in [-0.05, 0) is 52.7 Å². The lowest BCUT2D eigenvalue weighted by atomic mass is 10.2. The van der Waals surface area contributed by atoms with Crippen molar-refractivity contribution in [3.05, 3.63) is 58.6 Å². The average molecular weight is 490 g/mol. The van der Waals surface area contributed by atoms with Gasteiger partial charge >= 0.3 is 0 Å². The van der Waals surface area contributed by atoms with E-state index in [1.807, 2.05) is 18.2 Å². The molecule has 0 radical (unpaired) electrons. The molecular formula is C23H28BrN3O4. The van der Waals surface area contributed by atoms with Crippen LogP contribution in [0.1, 0.15) is 55.8 Å². The first-order chi connectivity index (χ1) is 15.0. The highest BCUT2D eigenvalue weighted by Crippen LogP contribution is 2.26. The van der Waals surface area contributed by atoms with E-state index in [0.717, 1.165) is 12.8 Å². The highest BCUT2D eigenvalue weighted by Gasteiger charge is 2.12. The summed E-state index contributed by atoms with van der Waals surface area (Å²) in [6.45, 7) is 2.78. The summed E-state index contributed by atoms with van der Waals surface area (Å²) in [5.74, 6) is -0.525. The Hall–Kier alpha value is -2.87. The zero-order valence-corrected chi connectivity index (χ0v) is 19.2. The number of hydrogen-bond donors (Lipinski definition) is 3. The molecule has 31 heavy (non-hydrogen) atoms. The van der Waals surface area contributed by atoms with Crippen LogP contribution in [0, 0.1) is 0 Å². The van der Waals surface area contributed by atoms with Gasteiger partial charge in [0.25, 0.3) is 5.91 Å². The van der Waals surface area contributed by atoms with Crippen LogP contribution in [-0.2, 0) is 9.59 Å². The summed E-state index contributed by atoms with van der Waals surface area (Å²) in [4.78, 5) is 36.0. The number of nitrogens with one attached hydrogen (secondary N) is 3. The van der Waals surface area contributed by atoms with E-state index < -0.39 is 11.8 Å². The van der Waals surface area contributed by atoms with Gasteiger partial charge in [-0.3, -0.25) is 25.2 Å². The number of unbranched alkanes of at least 4 members (excludes halogenated alkanes) is 3. The standard InChI is InChI=1S/C23H28BrN3O4/c1-2-3-4-8-15-31-20-12-11-17(16-19(20)24)23(30)27-26-22(29)14-13-21(28)25-18-9-6-5-7-10-18/h5-7,9-12,16H,2-4,8,13-15H2,1H3,(H,25,28)(H,26,29)(H,27,30). The van der Waals surface area contributed by atoms with Crippen molar-refractivity contribution in [3.63, 3.8) is 0 Å². The van der Waals surface area contributed by atoms with E-state index in [-0.39, 0.29) is 18.7 Å². The maximum absolute atomic E-state index is 12.3. The van der Waals surface area contributed by atoms with Gasteiger partial charge in [-0.25, -0.2) is 0 Å². The van der Waals surface area contributed by atoms with E-state index >= 15 is 0 Å². The number of hydrazine groups is 1. The minimum absolute atomic E-state index is 0.00639. The number of hydrogen-bond acceptors (Lipinski definition) is 4. The summed E-state index contributed by atoms with van der Waals surface area (Å²) in [7, 11) is 0. The van der Waals surface area contributed by atoms with Crippen LogP contribution in [0.4, 0.5) is 5.69 Å². The molecule has 0 aliphatic rings. The number of benzene rings is 2. The van der Waals surface area contributed by atoms with E-state index in [4.69, 9.17) is 4.74 Å². The van der Waals surface area contributed by atoms with Crippen molar-refractivity contribution in [1.82, 2.24) is 10.9 Å². The smallest absolute Gasteiger partial charge is 0.269 e. The van der Waals surface area contributed by atoms with Gasteiger partial charge < -0.3 is 10.1 Å². The predicted molar refractivity (Wildman–Crippen MR) is 124 cm³/mol. The van der Waals surface area contributed by atoms with Crippen molar-refractivity contribution in [2.45, 2.75) is 45.4 Å². The molecule has 3 N–H and O–H groups in total. The minimum atomic E-state index is -0.461.